The van der Waals surface area contributed by atoms with Crippen LogP contribution < -0.4 is 0 Å². The molecule has 0 saturated heterocycles. The fourth-order valence-corrected chi connectivity index (χ4v) is 127. The Morgan fingerprint density at radius 2 is 0.360 bits per heavy atom. The van der Waals surface area contributed by atoms with E-state index in [0.717, 1.165) is 0 Å². The zero-order valence-corrected chi connectivity index (χ0v) is 61.1. The molecule has 0 saturated carbocycles. The molecule has 0 atom stereocenters. The molecule has 0 aromatic carbocycles. The molecule has 0 aliphatic carbocycles. The van der Waals surface area contributed by atoms with Crippen molar-refractivity contribution in [2.75, 3.05) is 6.26 Å². The molecular weight excluding hydrogens is 1580 g/mol. The minimum absolute atomic E-state index is 1.30. The predicted octanol–water partition coefficient (Wildman–Crippen LogP) is 29.7. The summed E-state index contributed by atoms with van der Waals surface area (Å²) in [4.78, 5) is 0. The van der Waals surface area contributed by atoms with E-state index >= 15 is 0 Å². The highest BCUT2D eigenvalue weighted by Crippen LogP contribution is 2.68. The molecule has 0 heterocycles. The van der Waals surface area contributed by atoms with Crippen molar-refractivity contribution >= 4 is 482 Å². The minimum atomic E-state index is -1.30. The molecule has 0 bridgehead atoms. The van der Waals surface area contributed by atoms with Gasteiger partial charge in [-0.3, -0.25) is 0 Å². The zero-order chi connectivity index (χ0) is 36.3. The van der Waals surface area contributed by atoms with E-state index in [1.54, 1.807) is 128 Å². The Labute approximate surface area is 475 Å². The third-order valence-electron chi connectivity index (χ3n) is 1.35. The number of hydrogen-bond donors (Lipinski definition) is 1. The Morgan fingerprint density at radius 3 is 0.480 bits per heavy atom. The van der Waals surface area contributed by atoms with Gasteiger partial charge in [-0.1, -0.05) is 11.7 Å². The molecule has 50 heavy (non-hydrogen) atoms. The average Bonchev–Trinajstić information content (AvgIpc) is 3.09. The van der Waals surface area contributed by atoms with Gasteiger partial charge in [-0.2, -0.15) is 0 Å². The molecule has 0 unspecified atom stereocenters. The van der Waals surface area contributed by atoms with Crippen molar-refractivity contribution < 1.29 is 0 Å². The summed E-state index contributed by atoms with van der Waals surface area (Å²) in [6.45, 7) is 0. The highest BCUT2D eigenvalue weighted by Gasteiger charge is 2.04. The summed E-state index contributed by atoms with van der Waals surface area (Å²) in [5.41, 5.74) is 0. The average molecular weight is 1590 g/mol. The third-order valence-corrected chi connectivity index (χ3v) is 106. The fourth-order valence-electron chi connectivity index (χ4n) is 0.539. The molecule has 0 aromatic rings. The first-order valence-electron chi connectivity index (χ1n) is 8.42. The second-order valence-corrected chi connectivity index (χ2v) is 92.9. The Hall–Kier alpha value is 16.9. The van der Waals surface area contributed by atoms with Gasteiger partial charge in [-0.05, 0) is 186 Å². The van der Waals surface area contributed by atoms with Gasteiger partial charge in [0, 0.05) is 291 Å². The van der Waals surface area contributed by atoms with Crippen LogP contribution in [0.5, 0.6) is 0 Å². The van der Waals surface area contributed by atoms with Crippen LogP contribution in [-0.2, 0) is 28.6 Å². The summed E-state index contributed by atoms with van der Waals surface area (Å²) in [5.74, 6) is 0. The normalized spacial score (nSPS) is 12.0. The first-order valence-corrected chi connectivity index (χ1v) is 73.4. The van der Waals surface area contributed by atoms with E-state index in [1.165, 1.54) is 9.83 Å². The van der Waals surface area contributed by atoms with Crippen molar-refractivity contribution in [1.82, 2.24) is 0 Å². The number of hydrogen-bond acceptors (Lipinski definition) is 48. The van der Waals surface area contributed by atoms with E-state index < -0.39 is 6.18 Å². The van der Waals surface area contributed by atoms with Gasteiger partial charge in [0.1, 0.15) is 0 Å². The summed E-state index contributed by atoms with van der Waals surface area (Å²) in [7, 11) is 80.8. The number of thiol groups is 1. The highest BCUT2D eigenvalue weighted by atomic mass is 34.1. The Bertz CT molecular complexity index is 690. The largest absolute Gasteiger partial charge is 0.0988 e. The molecule has 0 aromatic heterocycles. The second kappa shape index (κ2) is 60.2. The molecule has 0 spiro atoms. The van der Waals surface area contributed by atoms with E-state index in [2.05, 4.69) is 11.7 Å². The van der Waals surface area contributed by atoms with Crippen molar-refractivity contribution in [1.29, 1.82) is 0 Å². The first-order chi connectivity index (χ1) is 24.6. The maximum atomic E-state index is 5.22. The van der Waals surface area contributed by atoms with E-state index in [4.69, 9.17) is 22.4 Å². The third kappa shape index (κ3) is 64.9. The Balaban J connectivity index is 3.06. The van der Waals surface area contributed by atoms with E-state index in [0.29, 0.717) is 0 Å². The zero-order valence-electron chi connectivity index (χ0n) is 21.0. The van der Waals surface area contributed by atoms with E-state index in [1.807, 2.05) is 311 Å². The van der Waals surface area contributed by atoms with E-state index in [-0.39, 0.29) is 0 Å². The van der Waals surface area contributed by atoms with Crippen LogP contribution in [0.2, 0.25) is 0 Å². The smallest absolute Gasteiger partial charge is 0.000468 e. The van der Waals surface area contributed by atoms with Crippen molar-refractivity contribution in [2.45, 2.75) is 0 Å². The molecule has 0 N–H and O–H groups in total. The number of rotatable bonds is 45. The van der Waals surface area contributed by atoms with Gasteiger partial charge >= 0.3 is 0 Å². The maximum absolute atomic E-state index is 5.22. The van der Waals surface area contributed by atoms with Crippen LogP contribution in [-0.4, -0.2) is 6.26 Å². The van der Waals surface area contributed by atoms with Crippen LogP contribution in [0.4, 0.5) is 0 Å². The molecule has 0 radical (unpaired) electrons. The lowest BCUT2D eigenvalue weighted by Gasteiger charge is -2.00. The van der Waals surface area contributed by atoms with Crippen molar-refractivity contribution in [3.63, 3.8) is 0 Å². The van der Waals surface area contributed by atoms with Crippen molar-refractivity contribution in [2.24, 2.45) is 0 Å². The second-order valence-electron chi connectivity index (χ2n) is 3.77. The van der Waals surface area contributed by atoms with Gasteiger partial charge in [0.25, 0.3) is 0 Å². The van der Waals surface area contributed by atoms with E-state index in [9.17, 15) is 0 Å². The Morgan fingerprint density at radius 1 is 0.240 bits per heavy atom. The molecule has 0 aliphatic heterocycles. The molecule has 0 rings (SSSR count). The molecule has 302 valence electrons. The topological polar surface area (TPSA) is 0 Å². The first kappa shape index (κ1) is 66.9. The van der Waals surface area contributed by atoms with Crippen molar-refractivity contribution in [3.05, 3.63) is 0 Å². The van der Waals surface area contributed by atoms with Gasteiger partial charge < -0.3 is 0 Å². The highest BCUT2D eigenvalue weighted by molar-refractivity contribution is 9.63. The lowest BCUT2D eigenvalue weighted by molar-refractivity contribution is 2.53. The standard InChI is InChI=1S/CH4S49/c1-50(3,4)49-48-47-46-45-44-43-42-41-40-39-38-37-36-35-34-33-32-31-30-29-28-27-26-25-24-23-22-21-20-19-18-17-16-15-14-13-12-11-10-9-8-7-6-5-2/h2H,1H3. The Kier molecular flexibility index (Phi) is 80.5. The van der Waals surface area contributed by atoms with Crippen LogP contribution in [0.3, 0.4) is 0 Å². The molecular formula is CH4S49. The van der Waals surface area contributed by atoms with Gasteiger partial charge in [0.05, 0.1) is 0 Å². The quantitative estimate of drug-likeness (QED) is 0.0349. The summed E-state index contributed by atoms with van der Waals surface area (Å²) < 4.78 is 0. The van der Waals surface area contributed by atoms with Crippen LogP contribution in [0.15, 0.2) is 0 Å². The van der Waals surface area contributed by atoms with Gasteiger partial charge in [-0.25, -0.2) is 0 Å². The summed E-state index contributed by atoms with van der Waals surface area (Å²) >= 11 is 14.5. The summed E-state index contributed by atoms with van der Waals surface area (Å²) in [5, 5.41) is 0. The molecule has 0 fully saturated rings. The van der Waals surface area contributed by atoms with Crippen LogP contribution in [0.1, 0.15) is 0 Å². The van der Waals surface area contributed by atoms with Crippen molar-refractivity contribution in [3.8, 4) is 0 Å². The van der Waals surface area contributed by atoms with Gasteiger partial charge in [-0.15, -0.1) is 0 Å². The van der Waals surface area contributed by atoms with Crippen LogP contribution >= 0.6 is 454 Å². The van der Waals surface area contributed by atoms with Crippen LogP contribution in [0.25, 0.3) is 0 Å². The fraction of sp³-hybridized carbons (Fsp3) is 1.00. The molecule has 0 aliphatic rings. The van der Waals surface area contributed by atoms with Gasteiger partial charge in [0.2, 0.25) is 0 Å². The van der Waals surface area contributed by atoms with Crippen LogP contribution in [0, 0.1) is 0 Å². The SMILES string of the molecule is CS(=S)(=S)SSSSSSSSSSSSSSSSSSSSSSSSSSSSSSSSSSSSSSSSSSSSSS. The molecule has 0 amide bonds. The van der Waals surface area contributed by atoms with Gasteiger partial charge in [0.15, 0.2) is 0 Å². The lowest BCUT2D eigenvalue weighted by atomic mass is 12.0. The maximum Gasteiger partial charge on any atom is 0.000468 e. The predicted molar refractivity (Wildman–Crippen MR) is 379 cm³/mol. The minimum Gasteiger partial charge on any atom is -0.0988 e. The molecule has 49 heteroatoms. The molecule has 0 nitrogen and oxygen atoms in total. The monoisotopic (exact) mass is 1580 g/mol. The lowest BCUT2D eigenvalue weighted by Crippen LogP contribution is -1.75. The summed E-state index contributed by atoms with van der Waals surface area (Å²) in [6, 6.07) is 0. The summed E-state index contributed by atoms with van der Waals surface area (Å²) in [6.07, 6.45) is 0.661.